The van der Waals surface area contributed by atoms with Crippen LogP contribution >= 0.6 is 23.8 Å². The molecule has 0 aromatic heterocycles. The molecule has 0 heterocycles. The molecule has 2 amide bonds. The van der Waals surface area contributed by atoms with Crippen LogP contribution in [-0.4, -0.2) is 30.1 Å². The van der Waals surface area contributed by atoms with Crippen LogP contribution in [-0.2, 0) is 9.59 Å². The van der Waals surface area contributed by atoms with E-state index in [2.05, 4.69) is 16.2 Å². The predicted octanol–water partition coefficient (Wildman–Crippen LogP) is 2.44. The van der Waals surface area contributed by atoms with Gasteiger partial charge in [0, 0.05) is 5.02 Å². The number of halogens is 1. The van der Waals surface area contributed by atoms with Crippen molar-refractivity contribution >= 4 is 40.7 Å². The van der Waals surface area contributed by atoms with Crippen LogP contribution in [0, 0.1) is 13.8 Å². The number of thiocarbonyl (C=S) groups is 1. The van der Waals surface area contributed by atoms with E-state index in [0.29, 0.717) is 16.5 Å². The third-order valence-electron chi connectivity index (χ3n) is 3.46. The summed E-state index contributed by atoms with van der Waals surface area (Å²) in [7, 11) is 0. The molecule has 3 N–H and O–H groups in total. The number of benzene rings is 2. The monoisotopic (exact) mass is 421 g/mol. The van der Waals surface area contributed by atoms with Gasteiger partial charge in [-0.25, -0.2) is 0 Å². The maximum absolute atomic E-state index is 11.8. The van der Waals surface area contributed by atoms with Crippen LogP contribution in [0.25, 0.3) is 0 Å². The molecule has 0 radical (unpaired) electrons. The number of hydrogen-bond acceptors (Lipinski definition) is 5. The van der Waals surface area contributed by atoms with Crippen LogP contribution in [0.2, 0.25) is 5.02 Å². The van der Waals surface area contributed by atoms with E-state index in [1.165, 1.54) is 0 Å². The lowest BCUT2D eigenvalue weighted by Gasteiger charge is -2.12. The highest BCUT2D eigenvalue weighted by molar-refractivity contribution is 7.80. The third-order valence-corrected chi connectivity index (χ3v) is 3.89. The molecule has 28 heavy (non-hydrogen) atoms. The van der Waals surface area contributed by atoms with E-state index in [9.17, 15) is 9.59 Å². The van der Waals surface area contributed by atoms with E-state index < -0.39 is 11.8 Å². The molecule has 0 unspecified atom stereocenters. The van der Waals surface area contributed by atoms with Crippen LogP contribution in [0.4, 0.5) is 0 Å². The lowest BCUT2D eigenvalue weighted by atomic mass is 10.2. The van der Waals surface area contributed by atoms with Gasteiger partial charge < -0.3 is 9.47 Å². The van der Waals surface area contributed by atoms with E-state index in [1.54, 1.807) is 30.3 Å². The second-order valence-corrected chi connectivity index (χ2v) is 6.70. The summed E-state index contributed by atoms with van der Waals surface area (Å²) in [5, 5.41) is 2.92. The molecule has 148 valence electrons. The zero-order valence-electron chi connectivity index (χ0n) is 15.4. The van der Waals surface area contributed by atoms with Crippen LogP contribution in [0.5, 0.6) is 11.5 Å². The minimum atomic E-state index is -0.471. The minimum Gasteiger partial charge on any atom is -0.484 e. The van der Waals surface area contributed by atoms with Crippen molar-refractivity contribution in [3.8, 4) is 11.5 Å². The second-order valence-electron chi connectivity index (χ2n) is 5.85. The first-order valence-corrected chi connectivity index (χ1v) is 9.09. The Labute approximate surface area is 173 Å². The van der Waals surface area contributed by atoms with Crippen LogP contribution in [0.3, 0.4) is 0 Å². The highest BCUT2D eigenvalue weighted by Gasteiger charge is 2.08. The van der Waals surface area contributed by atoms with E-state index >= 15 is 0 Å². The molecule has 0 saturated carbocycles. The molecule has 0 aliphatic heterocycles. The number of hydrogen-bond donors (Lipinski definition) is 3. The molecular weight excluding hydrogens is 402 g/mol. The SMILES string of the molecule is Cc1ccc(OCC(=O)NC(=S)NNC(=O)COc2ccc(Cl)cc2C)cc1. The lowest BCUT2D eigenvalue weighted by molar-refractivity contribution is -0.124. The summed E-state index contributed by atoms with van der Waals surface area (Å²) in [6, 6.07) is 12.4. The largest absolute Gasteiger partial charge is 0.484 e. The fourth-order valence-corrected chi connectivity index (χ4v) is 2.45. The number of carbonyl (C=O) groups excluding carboxylic acids is 2. The molecule has 2 aromatic rings. The Hall–Kier alpha value is -2.84. The fraction of sp³-hybridized carbons (Fsp3) is 0.211. The summed E-state index contributed by atoms with van der Waals surface area (Å²) < 4.78 is 10.7. The zero-order valence-corrected chi connectivity index (χ0v) is 16.9. The fourth-order valence-electron chi connectivity index (χ4n) is 2.06. The van der Waals surface area contributed by atoms with Crippen molar-refractivity contribution in [3.05, 3.63) is 58.6 Å². The average molecular weight is 422 g/mol. The molecule has 9 heteroatoms. The van der Waals surface area contributed by atoms with Gasteiger partial charge in [0.15, 0.2) is 18.3 Å². The zero-order chi connectivity index (χ0) is 20.5. The van der Waals surface area contributed by atoms with Crippen molar-refractivity contribution < 1.29 is 19.1 Å². The first-order valence-electron chi connectivity index (χ1n) is 8.30. The van der Waals surface area contributed by atoms with Gasteiger partial charge in [-0.3, -0.25) is 25.8 Å². The summed E-state index contributed by atoms with van der Waals surface area (Å²) in [6.07, 6.45) is 0. The van der Waals surface area contributed by atoms with Gasteiger partial charge in [-0.05, 0) is 62.0 Å². The molecule has 0 fully saturated rings. The summed E-state index contributed by atoms with van der Waals surface area (Å²) in [5.74, 6) is 0.188. The smallest absolute Gasteiger partial charge is 0.276 e. The molecular formula is C19H20ClN3O4S. The van der Waals surface area contributed by atoms with Crippen molar-refractivity contribution in [2.45, 2.75) is 13.8 Å². The summed E-state index contributed by atoms with van der Waals surface area (Å²) >= 11 is 10.8. The van der Waals surface area contributed by atoms with Gasteiger partial charge in [-0.2, -0.15) is 0 Å². The Morgan fingerprint density at radius 2 is 1.64 bits per heavy atom. The van der Waals surface area contributed by atoms with Crippen molar-refractivity contribution in [3.63, 3.8) is 0 Å². The average Bonchev–Trinajstić information content (AvgIpc) is 2.65. The quantitative estimate of drug-likeness (QED) is 0.490. The van der Waals surface area contributed by atoms with Crippen molar-refractivity contribution in [2.75, 3.05) is 13.2 Å². The standard InChI is InChI=1S/C19H20ClN3O4S/c1-12-3-6-15(7-4-12)26-10-17(24)21-19(28)23-22-18(25)11-27-16-8-5-14(20)9-13(16)2/h3-9H,10-11H2,1-2H3,(H,22,25)(H2,21,23,24,28). The molecule has 7 nitrogen and oxygen atoms in total. The molecule has 0 aliphatic rings. The van der Waals surface area contributed by atoms with Gasteiger partial charge in [0.1, 0.15) is 11.5 Å². The van der Waals surface area contributed by atoms with Gasteiger partial charge in [-0.15, -0.1) is 0 Å². The molecule has 0 bridgehead atoms. The number of ether oxygens (including phenoxy) is 2. The van der Waals surface area contributed by atoms with E-state index in [-0.39, 0.29) is 18.3 Å². The highest BCUT2D eigenvalue weighted by atomic mass is 35.5. The van der Waals surface area contributed by atoms with Gasteiger partial charge in [0.2, 0.25) is 0 Å². The Balaban J connectivity index is 1.66. The predicted molar refractivity (Wildman–Crippen MR) is 110 cm³/mol. The summed E-state index contributed by atoms with van der Waals surface area (Å²) in [5.41, 5.74) is 6.66. The molecule has 2 rings (SSSR count). The van der Waals surface area contributed by atoms with Crippen molar-refractivity contribution in [1.82, 2.24) is 16.2 Å². The van der Waals surface area contributed by atoms with E-state index in [1.807, 2.05) is 26.0 Å². The molecule has 0 aliphatic carbocycles. The highest BCUT2D eigenvalue weighted by Crippen LogP contribution is 2.21. The first kappa shape index (κ1) is 21.5. The van der Waals surface area contributed by atoms with Crippen molar-refractivity contribution in [2.24, 2.45) is 0 Å². The van der Waals surface area contributed by atoms with E-state index in [4.69, 9.17) is 33.3 Å². The van der Waals surface area contributed by atoms with Crippen LogP contribution in [0.1, 0.15) is 11.1 Å². The second kappa shape index (κ2) is 10.5. The number of amides is 2. The molecule has 0 atom stereocenters. The number of carbonyl (C=O) groups is 2. The van der Waals surface area contributed by atoms with Gasteiger partial charge in [0.05, 0.1) is 0 Å². The number of aryl methyl sites for hydroxylation is 2. The number of rotatable bonds is 6. The Morgan fingerprint density at radius 1 is 0.964 bits per heavy atom. The van der Waals surface area contributed by atoms with Gasteiger partial charge >= 0.3 is 0 Å². The topological polar surface area (TPSA) is 88.7 Å². The maximum atomic E-state index is 11.8. The molecule has 2 aromatic carbocycles. The number of nitrogens with one attached hydrogen (secondary N) is 3. The third kappa shape index (κ3) is 7.42. The van der Waals surface area contributed by atoms with Crippen LogP contribution in [0.15, 0.2) is 42.5 Å². The van der Waals surface area contributed by atoms with Crippen LogP contribution < -0.4 is 25.6 Å². The Bertz CT molecular complexity index is 859. The number of hydrazine groups is 1. The summed E-state index contributed by atoms with van der Waals surface area (Å²) in [4.78, 5) is 23.6. The van der Waals surface area contributed by atoms with Gasteiger partial charge in [0.25, 0.3) is 11.8 Å². The lowest BCUT2D eigenvalue weighted by Crippen LogP contribution is -2.50. The summed E-state index contributed by atoms with van der Waals surface area (Å²) in [6.45, 7) is 3.33. The van der Waals surface area contributed by atoms with Crippen molar-refractivity contribution in [1.29, 1.82) is 0 Å². The van der Waals surface area contributed by atoms with E-state index in [0.717, 1.165) is 11.1 Å². The molecule has 0 spiro atoms. The maximum Gasteiger partial charge on any atom is 0.276 e. The minimum absolute atomic E-state index is 0.0615. The Kier molecular flexibility index (Phi) is 8.03. The molecule has 0 saturated heterocycles. The van der Waals surface area contributed by atoms with Gasteiger partial charge in [-0.1, -0.05) is 29.3 Å². The Morgan fingerprint density at radius 3 is 2.32 bits per heavy atom. The normalized spacial score (nSPS) is 9.96. The first-order chi connectivity index (χ1) is 13.3.